The smallest absolute Gasteiger partial charge is 0.137 e. The van der Waals surface area contributed by atoms with Crippen molar-refractivity contribution in [3.05, 3.63) is 36.3 Å². The molecule has 0 unspecified atom stereocenters. The van der Waals surface area contributed by atoms with E-state index in [-0.39, 0.29) is 6.61 Å². The lowest BCUT2D eigenvalue weighted by Gasteiger charge is -2.24. The van der Waals surface area contributed by atoms with Crippen LogP contribution in [0.2, 0.25) is 0 Å². The second-order valence-electron chi connectivity index (χ2n) is 4.49. The molecule has 0 aliphatic heterocycles. The molecule has 0 radical (unpaired) electrons. The van der Waals surface area contributed by atoms with Gasteiger partial charge >= 0.3 is 0 Å². The highest BCUT2D eigenvalue weighted by Crippen LogP contribution is 2.09. The van der Waals surface area contributed by atoms with E-state index in [0.29, 0.717) is 12.6 Å². The summed E-state index contributed by atoms with van der Waals surface area (Å²) >= 11 is 0. The van der Waals surface area contributed by atoms with Gasteiger partial charge in [0.05, 0.1) is 12.3 Å². The van der Waals surface area contributed by atoms with Crippen LogP contribution in [-0.2, 0) is 6.54 Å². The zero-order valence-electron chi connectivity index (χ0n) is 10.4. The molecule has 4 nitrogen and oxygen atoms in total. The van der Waals surface area contributed by atoms with Gasteiger partial charge in [0, 0.05) is 31.5 Å². The van der Waals surface area contributed by atoms with E-state index in [1.807, 2.05) is 35.0 Å². The van der Waals surface area contributed by atoms with Crippen molar-refractivity contribution in [2.24, 2.45) is 0 Å². The van der Waals surface area contributed by atoms with E-state index in [1.54, 1.807) is 0 Å². The third-order valence-electron chi connectivity index (χ3n) is 2.90. The Balaban J connectivity index is 2.16. The molecule has 0 bridgehead atoms. The molecule has 17 heavy (non-hydrogen) atoms. The number of imidazole rings is 1. The number of hydrogen-bond acceptors (Lipinski definition) is 3. The maximum absolute atomic E-state index is 9.04. The number of aromatic nitrogens is 2. The Morgan fingerprint density at radius 3 is 2.88 bits per heavy atom. The Bertz CT molecular complexity index is 445. The van der Waals surface area contributed by atoms with E-state index in [0.717, 1.165) is 17.9 Å². The molecule has 0 spiro atoms. The van der Waals surface area contributed by atoms with Crippen LogP contribution >= 0.6 is 0 Å². The van der Waals surface area contributed by atoms with Crippen molar-refractivity contribution in [1.82, 2.24) is 14.3 Å². The Morgan fingerprint density at radius 2 is 2.24 bits per heavy atom. The lowest BCUT2D eigenvalue weighted by atomic mass is 10.3. The predicted molar refractivity (Wildman–Crippen MR) is 67.8 cm³/mol. The standard InChI is InChI=1S/C13H19N3O/c1-11(2)15(7-8-17)9-12-10-16-6-4-3-5-13(16)14-12/h3-6,10-11,17H,7-9H2,1-2H3. The van der Waals surface area contributed by atoms with Crippen molar-refractivity contribution in [3.8, 4) is 0 Å². The van der Waals surface area contributed by atoms with Crippen LogP contribution in [0.15, 0.2) is 30.6 Å². The number of nitrogens with zero attached hydrogens (tertiary/aromatic N) is 3. The molecule has 0 saturated heterocycles. The van der Waals surface area contributed by atoms with Crippen LogP contribution in [0.4, 0.5) is 0 Å². The zero-order valence-corrected chi connectivity index (χ0v) is 10.4. The molecule has 2 aromatic heterocycles. The summed E-state index contributed by atoms with van der Waals surface area (Å²) in [7, 11) is 0. The van der Waals surface area contributed by atoms with Crippen LogP contribution in [0.1, 0.15) is 19.5 Å². The highest BCUT2D eigenvalue weighted by Gasteiger charge is 2.11. The Kier molecular flexibility index (Phi) is 3.76. The molecule has 0 aromatic carbocycles. The number of fused-ring (bicyclic) bond motifs is 1. The van der Waals surface area contributed by atoms with Crippen LogP contribution < -0.4 is 0 Å². The highest BCUT2D eigenvalue weighted by atomic mass is 16.3. The van der Waals surface area contributed by atoms with Crippen molar-refractivity contribution in [2.45, 2.75) is 26.4 Å². The topological polar surface area (TPSA) is 40.8 Å². The summed E-state index contributed by atoms with van der Waals surface area (Å²) in [6.07, 6.45) is 4.04. The first kappa shape index (κ1) is 12.1. The number of rotatable bonds is 5. The quantitative estimate of drug-likeness (QED) is 0.851. The summed E-state index contributed by atoms with van der Waals surface area (Å²) in [4.78, 5) is 6.77. The number of aliphatic hydroxyl groups is 1. The van der Waals surface area contributed by atoms with E-state index in [4.69, 9.17) is 5.11 Å². The van der Waals surface area contributed by atoms with Crippen LogP contribution in [0.5, 0.6) is 0 Å². The van der Waals surface area contributed by atoms with Gasteiger partial charge in [0.25, 0.3) is 0 Å². The fourth-order valence-electron chi connectivity index (χ4n) is 1.92. The summed E-state index contributed by atoms with van der Waals surface area (Å²) in [5.41, 5.74) is 2.01. The first-order chi connectivity index (χ1) is 8.20. The van der Waals surface area contributed by atoms with Crippen LogP contribution in [0, 0.1) is 0 Å². The molecule has 0 saturated carbocycles. The summed E-state index contributed by atoms with van der Waals surface area (Å²) in [5.74, 6) is 0. The van der Waals surface area contributed by atoms with Crippen molar-refractivity contribution < 1.29 is 5.11 Å². The number of hydrogen-bond donors (Lipinski definition) is 1. The van der Waals surface area contributed by atoms with Gasteiger partial charge in [-0.3, -0.25) is 4.90 Å². The summed E-state index contributed by atoms with van der Waals surface area (Å²) in [5, 5.41) is 9.04. The average molecular weight is 233 g/mol. The van der Waals surface area contributed by atoms with Gasteiger partial charge in [0.15, 0.2) is 0 Å². The van der Waals surface area contributed by atoms with Crippen LogP contribution in [0.25, 0.3) is 5.65 Å². The maximum atomic E-state index is 9.04. The summed E-state index contributed by atoms with van der Waals surface area (Å²) < 4.78 is 2.02. The van der Waals surface area contributed by atoms with Crippen molar-refractivity contribution in [2.75, 3.05) is 13.2 Å². The lowest BCUT2D eigenvalue weighted by Crippen LogP contribution is -2.33. The second-order valence-corrected chi connectivity index (χ2v) is 4.49. The SMILES string of the molecule is CC(C)N(CCO)Cc1cn2ccccc2n1. The minimum atomic E-state index is 0.186. The largest absolute Gasteiger partial charge is 0.395 e. The predicted octanol–water partition coefficient (Wildman–Crippen LogP) is 1.54. The first-order valence-electron chi connectivity index (χ1n) is 5.98. The Morgan fingerprint density at radius 1 is 1.41 bits per heavy atom. The van der Waals surface area contributed by atoms with E-state index in [1.165, 1.54) is 0 Å². The molecule has 92 valence electrons. The van der Waals surface area contributed by atoms with Crippen molar-refractivity contribution >= 4 is 5.65 Å². The van der Waals surface area contributed by atoms with E-state index < -0.39 is 0 Å². The Hall–Kier alpha value is -1.39. The minimum Gasteiger partial charge on any atom is -0.395 e. The van der Waals surface area contributed by atoms with Crippen LogP contribution in [-0.4, -0.2) is 38.6 Å². The van der Waals surface area contributed by atoms with E-state index >= 15 is 0 Å². The molecule has 0 aliphatic carbocycles. The third-order valence-corrected chi connectivity index (χ3v) is 2.90. The van der Waals surface area contributed by atoms with Gasteiger partial charge in [-0.1, -0.05) is 6.07 Å². The summed E-state index contributed by atoms with van der Waals surface area (Å²) in [6, 6.07) is 6.38. The fourth-order valence-corrected chi connectivity index (χ4v) is 1.92. The van der Waals surface area contributed by atoms with Crippen LogP contribution in [0.3, 0.4) is 0 Å². The lowest BCUT2D eigenvalue weighted by molar-refractivity contribution is 0.158. The molecular formula is C13H19N3O. The number of pyridine rings is 1. The average Bonchev–Trinajstić information content (AvgIpc) is 2.70. The molecule has 4 heteroatoms. The van der Waals surface area contributed by atoms with Gasteiger partial charge in [0.1, 0.15) is 5.65 Å². The van der Waals surface area contributed by atoms with E-state index in [2.05, 4.69) is 23.7 Å². The van der Waals surface area contributed by atoms with Gasteiger partial charge in [-0.15, -0.1) is 0 Å². The first-order valence-corrected chi connectivity index (χ1v) is 5.98. The molecule has 2 rings (SSSR count). The van der Waals surface area contributed by atoms with Gasteiger partial charge in [-0.2, -0.15) is 0 Å². The summed E-state index contributed by atoms with van der Waals surface area (Å²) in [6.45, 7) is 5.91. The number of aliphatic hydroxyl groups excluding tert-OH is 1. The molecule has 2 heterocycles. The third kappa shape index (κ3) is 2.84. The molecular weight excluding hydrogens is 214 g/mol. The van der Waals surface area contributed by atoms with Gasteiger partial charge in [-0.25, -0.2) is 4.98 Å². The van der Waals surface area contributed by atoms with Gasteiger partial charge in [-0.05, 0) is 26.0 Å². The molecule has 1 N–H and O–H groups in total. The minimum absolute atomic E-state index is 0.186. The molecule has 0 amide bonds. The molecule has 0 atom stereocenters. The monoisotopic (exact) mass is 233 g/mol. The molecule has 2 aromatic rings. The van der Waals surface area contributed by atoms with Crippen molar-refractivity contribution in [3.63, 3.8) is 0 Å². The van der Waals surface area contributed by atoms with Crippen molar-refractivity contribution in [1.29, 1.82) is 0 Å². The molecule has 0 aliphatic rings. The normalized spacial score (nSPS) is 11.8. The Labute approximate surface area is 102 Å². The van der Waals surface area contributed by atoms with Gasteiger partial charge < -0.3 is 9.51 Å². The second kappa shape index (κ2) is 5.29. The van der Waals surface area contributed by atoms with E-state index in [9.17, 15) is 0 Å². The van der Waals surface area contributed by atoms with Gasteiger partial charge in [0.2, 0.25) is 0 Å². The molecule has 0 fully saturated rings. The highest BCUT2D eigenvalue weighted by molar-refractivity contribution is 5.39. The maximum Gasteiger partial charge on any atom is 0.137 e. The zero-order chi connectivity index (χ0) is 12.3. The fraction of sp³-hybridized carbons (Fsp3) is 0.462.